The fourth-order valence-electron chi connectivity index (χ4n) is 4.28. The van der Waals surface area contributed by atoms with Crippen molar-refractivity contribution >= 4 is 17.5 Å². The number of ether oxygens (including phenoxy) is 2. The molecule has 6 nitrogen and oxygen atoms in total. The van der Waals surface area contributed by atoms with Crippen LogP contribution in [0.3, 0.4) is 0 Å². The highest BCUT2D eigenvalue weighted by Gasteiger charge is 2.33. The lowest BCUT2D eigenvalue weighted by molar-refractivity contribution is -0.132. The van der Waals surface area contributed by atoms with Gasteiger partial charge >= 0.3 is 0 Å². The summed E-state index contributed by atoms with van der Waals surface area (Å²) in [5.41, 5.74) is 3.15. The van der Waals surface area contributed by atoms with Gasteiger partial charge in [-0.05, 0) is 57.2 Å². The molecular weight excluding hydrogens is 380 g/mol. The highest BCUT2D eigenvalue weighted by molar-refractivity contribution is 6.05. The number of rotatable bonds is 6. The van der Waals surface area contributed by atoms with Crippen molar-refractivity contribution in [1.82, 2.24) is 4.90 Å². The molecule has 0 spiro atoms. The van der Waals surface area contributed by atoms with Crippen LogP contribution in [-0.4, -0.2) is 41.2 Å². The van der Waals surface area contributed by atoms with Gasteiger partial charge in [0.2, 0.25) is 0 Å². The number of aliphatic imine (C=N–C) groups is 1. The molecule has 0 aromatic heterocycles. The molecule has 0 atom stereocenters. The van der Waals surface area contributed by atoms with Crippen molar-refractivity contribution in [3.8, 4) is 11.5 Å². The highest BCUT2D eigenvalue weighted by Crippen LogP contribution is 2.41. The number of carbonyl (C=O) groups excluding carboxylic acids is 2. The summed E-state index contributed by atoms with van der Waals surface area (Å²) < 4.78 is 11.9. The third-order valence-corrected chi connectivity index (χ3v) is 5.75. The lowest BCUT2D eigenvalue weighted by Gasteiger charge is -2.22. The van der Waals surface area contributed by atoms with Crippen molar-refractivity contribution in [2.24, 2.45) is 4.99 Å². The molecule has 2 heterocycles. The Morgan fingerprint density at radius 3 is 2.87 bits per heavy atom. The monoisotopic (exact) mass is 408 g/mol. The Bertz CT molecular complexity index is 958. The van der Waals surface area contributed by atoms with E-state index >= 15 is 0 Å². The maximum absolute atomic E-state index is 13.1. The van der Waals surface area contributed by atoms with Crippen LogP contribution < -0.4 is 9.47 Å². The molecule has 0 saturated carbocycles. The van der Waals surface area contributed by atoms with Gasteiger partial charge in [0.15, 0.2) is 23.9 Å². The van der Waals surface area contributed by atoms with Crippen LogP contribution in [0.5, 0.6) is 11.5 Å². The first-order valence-corrected chi connectivity index (χ1v) is 10.5. The third-order valence-electron chi connectivity index (χ3n) is 5.75. The van der Waals surface area contributed by atoms with Gasteiger partial charge in [-0.3, -0.25) is 14.5 Å². The highest BCUT2D eigenvalue weighted by atomic mass is 16.5. The van der Waals surface area contributed by atoms with Crippen molar-refractivity contribution < 1.29 is 19.1 Å². The maximum atomic E-state index is 13.1. The largest absolute Gasteiger partial charge is 0.483 e. The maximum Gasteiger partial charge on any atom is 0.266 e. The first-order valence-electron chi connectivity index (χ1n) is 10.5. The number of hydrogen-bond acceptors (Lipinski definition) is 5. The number of para-hydroxylation sites is 1. The smallest absolute Gasteiger partial charge is 0.266 e. The predicted molar refractivity (Wildman–Crippen MR) is 115 cm³/mol. The van der Waals surface area contributed by atoms with Gasteiger partial charge in [0.05, 0.1) is 6.54 Å². The number of hydrogen-bond donors (Lipinski definition) is 0. The molecule has 0 N–H and O–H groups in total. The standard InChI is InChI=1S/C24H28N2O4/c1-4-18(27)14-26(21-12-16-8-5-6-10-19(16)25-21)22(28)15-29-20-11-7-9-17-13-24(2,3)30-23(17)20/h4,7,9,11H,1,5-6,8,10,12-15H2,2-3H3. The fraction of sp³-hybridized carbons (Fsp3) is 0.458. The number of fused-ring (bicyclic) bond motifs is 1. The summed E-state index contributed by atoms with van der Waals surface area (Å²) in [6.07, 6.45) is 6.89. The van der Waals surface area contributed by atoms with Gasteiger partial charge < -0.3 is 9.47 Å². The lowest BCUT2D eigenvalue weighted by Crippen LogP contribution is -2.42. The van der Waals surface area contributed by atoms with Crippen LogP contribution in [0.25, 0.3) is 0 Å². The molecule has 0 unspecified atom stereocenters. The normalized spacial score (nSPS) is 18.8. The quantitative estimate of drug-likeness (QED) is 0.668. The molecule has 0 fully saturated rings. The Labute approximate surface area is 177 Å². The van der Waals surface area contributed by atoms with E-state index in [1.54, 1.807) is 6.07 Å². The van der Waals surface area contributed by atoms with Crippen LogP contribution in [0.1, 0.15) is 51.5 Å². The van der Waals surface area contributed by atoms with Gasteiger partial charge in [0, 0.05) is 24.1 Å². The molecule has 30 heavy (non-hydrogen) atoms. The molecule has 0 radical (unpaired) electrons. The zero-order valence-electron chi connectivity index (χ0n) is 17.7. The Morgan fingerprint density at radius 1 is 1.30 bits per heavy atom. The van der Waals surface area contributed by atoms with E-state index in [4.69, 9.17) is 9.47 Å². The molecule has 6 heteroatoms. The summed E-state index contributed by atoms with van der Waals surface area (Å²) in [4.78, 5) is 31.3. The number of carbonyl (C=O) groups is 2. The van der Waals surface area contributed by atoms with Crippen molar-refractivity contribution in [1.29, 1.82) is 0 Å². The number of nitrogens with zero attached hydrogens (tertiary/aromatic N) is 2. The van der Waals surface area contributed by atoms with E-state index in [1.807, 2.05) is 26.0 Å². The third kappa shape index (κ3) is 4.18. The van der Waals surface area contributed by atoms with Crippen LogP contribution >= 0.6 is 0 Å². The average Bonchev–Trinajstić information content (AvgIpc) is 3.29. The number of amidine groups is 1. The van der Waals surface area contributed by atoms with E-state index in [0.717, 1.165) is 43.4 Å². The van der Waals surface area contributed by atoms with Crippen molar-refractivity contribution in [3.63, 3.8) is 0 Å². The minimum Gasteiger partial charge on any atom is -0.483 e. The van der Waals surface area contributed by atoms with Gasteiger partial charge in [-0.25, -0.2) is 4.99 Å². The van der Waals surface area contributed by atoms with Crippen LogP contribution in [0, 0.1) is 0 Å². The molecule has 2 aliphatic heterocycles. The predicted octanol–water partition coefficient (Wildman–Crippen LogP) is 3.99. The fourth-order valence-corrected chi connectivity index (χ4v) is 4.28. The SMILES string of the molecule is C=CC(=O)CN(C(=O)COc1cccc2c1OC(C)(C)C2)C1=NC2=C(CCCC2)C1. The first-order chi connectivity index (χ1) is 14.4. The summed E-state index contributed by atoms with van der Waals surface area (Å²) in [5, 5.41) is 0. The van der Waals surface area contributed by atoms with Gasteiger partial charge in [0.25, 0.3) is 5.91 Å². The van der Waals surface area contributed by atoms with E-state index in [1.165, 1.54) is 16.5 Å². The van der Waals surface area contributed by atoms with Gasteiger partial charge in [0.1, 0.15) is 11.4 Å². The second-order valence-corrected chi connectivity index (χ2v) is 8.68. The Balaban J connectivity index is 1.48. The van der Waals surface area contributed by atoms with Gasteiger partial charge in [-0.1, -0.05) is 18.7 Å². The summed E-state index contributed by atoms with van der Waals surface area (Å²) in [6, 6.07) is 5.72. The van der Waals surface area contributed by atoms with Crippen LogP contribution in [0.4, 0.5) is 0 Å². The second kappa shape index (κ2) is 8.09. The molecular formula is C24H28N2O4. The Hall–Kier alpha value is -2.89. The van der Waals surface area contributed by atoms with E-state index in [0.29, 0.717) is 23.8 Å². The molecule has 1 amide bonds. The minimum absolute atomic E-state index is 0.0679. The van der Waals surface area contributed by atoms with Crippen LogP contribution in [0.2, 0.25) is 0 Å². The minimum atomic E-state index is -0.294. The molecule has 1 aromatic carbocycles. The molecule has 0 saturated heterocycles. The van der Waals surface area contributed by atoms with E-state index in [9.17, 15) is 9.59 Å². The second-order valence-electron chi connectivity index (χ2n) is 8.68. The lowest BCUT2D eigenvalue weighted by atomic mass is 9.96. The molecule has 158 valence electrons. The molecule has 3 aliphatic rings. The number of benzene rings is 1. The van der Waals surface area contributed by atoms with Gasteiger partial charge in [-0.2, -0.15) is 0 Å². The van der Waals surface area contributed by atoms with Crippen LogP contribution in [-0.2, 0) is 16.0 Å². The van der Waals surface area contributed by atoms with Crippen molar-refractivity contribution in [2.45, 2.75) is 58.0 Å². The molecule has 1 aromatic rings. The topological polar surface area (TPSA) is 68.2 Å². The summed E-state index contributed by atoms with van der Waals surface area (Å²) in [7, 11) is 0. The Morgan fingerprint density at radius 2 is 2.10 bits per heavy atom. The van der Waals surface area contributed by atoms with Crippen molar-refractivity contribution in [3.05, 3.63) is 47.7 Å². The number of amides is 1. The van der Waals surface area contributed by atoms with E-state index < -0.39 is 0 Å². The molecule has 0 bridgehead atoms. The van der Waals surface area contributed by atoms with Crippen LogP contribution in [0.15, 0.2) is 47.1 Å². The summed E-state index contributed by atoms with van der Waals surface area (Å²) in [5.74, 6) is 1.37. The van der Waals surface area contributed by atoms with E-state index in [-0.39, 0.29) is 30.4 Å². The van der Waals surface area contributed by atoms with Crippen molar-refractivity contribution in [2.75, 3.05) is 13.2 Å². The zero-order chi connectivity index (χ0) is 21.3. The van der Waals surface area contributed by atoms with Gasteiger partial charge in [-0.15, -0.1) is 0 Å². The molecule has 4 rings (SSSR count). The summed E-state index contributed by atoms with van der Waals surface area (Å²) >= 11 is 0. The zero-order valence-corrected chi connectivity index (χ0v) is 17.7. The Kier molecular flexibility index (Phi) is 5.50. The summed E-state index contributed by atoms with van der Waals surface area (Å²) in [6.45, 7) is 7.33. The molecule has 1 aliphatic carbocycles. The number of ketones is 1. The average molecular weight is 408 g/mol. The van der Waals surface area contributed by atoms with E-state index in [2.05, 4.69) is 11.6 Å². The number of allylic oxidation sites excluding steroid dienone is 1. The first kappa shape index (κ1) is 20.4.